The first-order valence-corrected chi connectivity index (χ1v) is 8.29. The summed E-state index contributed by atoms with van der Waals surface area (Å²) in [6.45, 7) is 3.91. The summed E-state index contributed by atoms with van der Waals surface area (Å²) in [4.78, 5) is 16.0. The minimum atomic E-state index is -0.208. The number of nitrogens with one attached hydrogen (secondary N) is 3. The summed E-state index contributed by atoms with van der Waals surface area (Å²) < 4.78 is 5.65. The quantitative estimate of drug-likeness (QED) is 0.558. The summed E-state index contributed by atoms with van der Waals surface area (Å²) in [6.07, 6.45) is 2.20. The van der Waals surface area contributed by atoms with Gasteiger partial charge in [0.15, 0.2) is 16.8 Å². The van der Waals surface area contributed by atoms with E-state index in [2.05, 4.69) is 21.2 Å². The number of rotatable bonds is 5. The molecule has 1 aromatic heterocycles. The molecule has 0 saturated heterocycles. The van der Waals surface area contributed by atoms with Crippen molar-refractivity contribution in [3.8, 4) is 11.3 Å². The van der Waals surface area contributed by atoms with E-state index in [0.717, 1.165) is 5.56 Å². The summed E-state index contributed by atoms with van der Waals surface area (Å²) in [7, 11) is 0. The van der Waals surface area contributed by atoms with E-state index in [9.17, 15) is 4.79 Å². The van der Waals surface area contributed by atoms with Crippen LogP contribution in [0, 0.1) is 0 Å². The Kier molecular flexibility index (Phi) is 6.57. The lowest BCUT2D eigenvalue weighted by Crippen LogP contribution is -2.48. The Hall–Kier alpha value is -2.12. The summed E-state index contributed by atoms with van der Waals surface area (Å²) in [5.74, 6) is 0.847. The number of amides is 1. The van der Waals surface area contributed by atoms with E-state index in [4.69, 9.17) is 28.2 Å². The van der Waals surface area contributed by atoms with Crippen LogP contribution >= 0.6 is 23.8 Å². The number of aryl methyl sites for hydroxylation is 1. The van der Waals surface area contributed by atoms with E-state index in [1.54, 1.807) is 12.3 Å². The molecule has 0 saturated carbocycles. The van der Waals surface area contributed by atoms with Crippen molar-refractivity contribution in [3.63, 3.8) is 0 Å². The van der Waals surface area contributed by atoms with E-state index in [1.807, 2.05) is 32.0 Å². The summed E-state index contributed by atoms with van der Waals surface area (Å²) >= 11 is 11.1. The van der Waals surface area contributed by atoms with Crippen LogP contribution in [0.15, 0.2) is 34.9 Å². The van der Waals surface area contributed by atoms with Crippen molar-refractivity contribution < 1.29 is 9.21 Å². The topological polar surface area (TPSA) is 79.2 Å². The van der Waals surface area contributed by atoms with Gasteiger partial charge in [0.1, 0.15) is 0 Å². The summed E-state index contributed by atoms with van der Waals surface area (Å²) in [5, 5.41) is 3.92. The van der Waals surface area contributed by atoms with Crippen molar-refractivity contribution in [2.24, 2.45) is 0 Å². The maximum Gasteiger partial charge on any atom is 0.238 e. The van der Waals surface area contributed by atoms with Gasteiger partial charge in [0.05, 0.1) is 11.2 Å². The van der Waals surface area contributed by atoms with Crippen LogP contribution in [-0.4, -0.2) is 22.0 Å². The molecule has 1 aromatic carbocycles. The van der Waals surface area contributed by atoms with Crippen LogP contribution in [0.25, 0.3) is 11.3 Å². The molecule has 2 rings (SSSR count). The molecule has 0 aliphatic rings. The molecule has 8 heteroatoms. The van der Waals surface area contributed by atoms with Gasteiger partial charge in [-0.05, 0) is 38.2 Å². The van der Waals surface area contributed by atoms with Crippen LogP contribution in [0.1, 0.15) is 26.2 Å². The minimum absolute atomic E-state index is 0.192. The molecule has 0 atom stereocenters. The number of hydrogen-bond donors (Lipinski definition) is 3. The van der Waals surface area contributed by atoms with Crippen molar-refractivity contribution in [3.05, 3.63) is 41.4 Å². The van der Waals surface area contributed by atoms with E-state index >= 15 is 0 Å². The second-order valence-electron chi connectivity index (χ2n) is 5.40. The van der Waals surface area contributed by atoms with Crippen LogP contribution in [0.3, 0.4) is 0 Å². The average Bonchev–Trinajstić information content (AvgIpc) is 2.99. The van der Waals surface area contributed by atoms with Crippen LogP contribution in [0.5, 0.6) is 0 Å². The number of halogens is 1. The van der Waals surface area contributed by atoms with Crippen LogP contribution < -0.4 is 16.2 Å². The lowest BCUT2D eigenvalue weighted by molar-refractivity contribution is -0.121. The molecule has 6 nitrogen and oxygen atoms in total. The first-order valence-electron chi connectivity index (χ1n) is 7.50. The second-order valence-corrected chi connectivity index (χ2v) is 6.21. The fraction of sp³-hybridized carbons (Fsp3) is 0.312. The number of carbonyl (C=O) groups is 1. The molecule has 1 heterocycles. The molecule has 128 valence electrons. The number of carbonyl (C=O) groups excluding carboxylic acids is 1. The number of aromatic nitrogens is 1. The fourth-order valence-corrected chi connectivity index (χ4v) is 2.43. The second kappa shape index (κ2) is 8.65. The smallest absolute Gasteiger partial charge is 0.238 e. The molecule has 0 aliphatic heterocycles. The molecule has 0 spiro atoms. The molecule has 0 unspecified atom stereocenters. The Morgan fingerprint density at radius 1 is 1.33 bits per heavy atom. The van der Waals surface area contributed by atoms with Crippen LogP contribution in [-0.2, 0) is 11.2 Å². The molecule has 0 fully saturated rings. The number of benzene rings is 1. The van der Waals surface area contributed by atoms with Gasteiger partial charge in [-0.1, -0.05) is 23.7 Å². The monoisotopic (exact) mass is 366 g/mol. The van der Waals surface area contributed by atoms with E-state index in [0.29, 0.717) is 28.2 Å². The van der Waals surface area contributed by atoms with Gasteiger partial charge in [0.25, 0.3) is 0 Å². The highest BCUT2D eigenvalue weighted by Crippen LogP contribution is 2.28. The highest BCUT2D eigenvalue weighted by Gasteiger charge is 2.11. The average molecular weight is 367 g/mol. The molecule has 0 radical (unpaired) electrons. The van der Waals surface area contributed by atoms with Crippen LogP contribution in [0.2, 0.25) is 5.02 Å². The van der Waals surface area contributed by atoms with E-state index < -0.39 is 0 Å². The van der Waals surface area contributed by atoms with Gasteiger partial charge < -0.3 is 9.73 Å². The van der Waals surface area contributed by atoms with Crippen LogP contribution in [0.4, 0.5) is 0 Å². The molecular formula is C16H19ClN4O2S. The third kappa shape index (κ3) is 5.50. The molecule has 1 amide bonds. The Morgan fingerprint density at radius 3 is 2.79 bits per heavy atom. The minimum Gasteiger partial charge on any atom is -0.441 e. The first-order chi connectivity index (χ1) is 11.5. The third-order valence-corrected chi connectivity index (χ3v) is 3.54. The maximum absolute atomic E-state index is 11.8. The van der Waals surface area contributed by atoms with Crippen molar-refractivity contribution in [1.29, 1.82) is 0 Å². The van der Waals surface area contributed by atoms with Crippen molar-refractivity contribution in [2.45, 2.75) is 32.7 Å². The van der Waals surface area contributed by atoms with Gasteiger partial charge in [-0.15, -0.1) is 0 Å². The Bertz CT molecular complexity index is 718. The highest BCUT2D eigenvalue weighted by molar-refractivity contribution is 7.80. The number of hydrogen-bond acceptors (Lipinski definition) is 4. The lowest BCUT2D eigenvalue weighted by atomic mass is 10.2. The zero-order valence-electron chi connectivity index (χ0n) is 13.4. The van der Waals surface area contributed by atoms with Crippen molar-refractivity contribution in [2.75, 3.05) is 0 Å². The number of nitrogens with zero attached hydrogens (tertiary/aromatic N) is 1. The van der Waals surface area contributed by atoms with E-state index in [-0.39, 0.29) is 18.4 Å². The molecule has 2 aromatic rings. The normalized spacial score (nSPS) is 10.5. The van der Waals surface area contributed by atoms with Gasteiger partial charge in [0.2, 0.25) is 5.91 Å². The van der Waals surface area contributed by atoms with E-state index in [1.165, 1.54) is 0 Å². The van der Waals surface area contributed by atoms with Crippen molar-refractivity contribution in [1.82, 2.24) is 21.2 Å². The summed E-state index contributed by atoms with van der Waals surface area (Å²) in [5.41, 5.74) is 5.94. The van der Waals surface area contributed by atoms with Gasteiger partial charge in [-0.25, -0.2) is 4.98 Å². The summed E-state index contributed by atoms with van der Waals surface area (Å²) in [6, 6.07) is 7.55. The Morgan fingerprint density at radius 2 is 2.08 bits per heavy atom. The highest BCUT2D eigenvalue weighted by atomic mass is 35.5. The number of thiocarbonyl (C=S) groups is 1. The Balaban J connectivity index is 1.82. The van der Waals surface area contributed by atoms with Crippen molar-refractivity contribution >= 4 is 34.8 Å². The standard InChI is InChI=1S/C16H19ClN4O2S/c1-10(2)19-16(24)21-20-14(22)7-8-15-18-9-13(23-15)11-5-3-4-6-12(11)17/h3-6,9-10H,7-8H2,1-2H3,(H,20,22)(H2,19,21,24). The van der Waals surface area contributed by atoms with Gasteiger partial charge in [-0.3, -0.25) is 15.6 Å². The SMILES string of the molecule is CC(C)NC(=S)NNC(=O)CCc1ncc(-c2ccccc2Cl)o1. The molecule has 3 N–H and O–H groups in total. The first kappa shape index (κ1) is 18.2. The fourth-order valence-electron chi connectivity index (χ4n) is 1.92. The lowest BCUT2D eigenvalue weighted by Gasteiger charge is -2.13. The molecular weight excluding hydrogens is 348 g/mol. The predicted octanol–water partition coefficient (Wildman–Crippen LogP) is 2.83. The molecule has 0 bridgehead atoms. The zero-order chi connectivity index (χ0) is 17.5. The molecule has 24 heavy (non-hydrogen) atoms. The van der Waals surface area contributed by atoms with Gasteiger partial charge in [0, 0.05) is 24.4 Å². The van der Waals surface area contributed by atoms with Gasteiger partial charge >= 0.3 is 0 Å². The predicted molar refractivity (Wildman–Crippen MR) is 97.4 cm³/mol. The number of oxazole rings is 1. The third-order valence-electron chi connectivity index (χ3n) is 2.99. The largest absolute Gasteiger partial charge is 0.441 e. The maximum atomic E-state index is 11.8. The molecule has 0 aliphatic carbocycles. The number of hydrazine groups is 1. The van der Waals surface area contributed by atoms with Gasteiger partial charge in [-0.2, -0.15) is 0 Å². The Labute approximate surface area is 151 Å². The zero-order valence-corrected chi connectivity index (χ0v) is 15.0.